The number of rotatable bonds is 7. The van der Waals surface area contributed by atoms with E-state index in [1.807, 2.05) is 0 Å². The van der Waals surface area contributed by atoms with Crippen LogP contribution in [0.25, 0.3) is 0 Å². The van der Waals surface area contributed by atoms with E-state index in [9.17, 15) is 13.6 Å². The molecule has 0 saturated heterocycles. The van der Waals surface area contributed by atoms with Gasteiger partial charge in [-0.05, 0) is 30.3 Å². The van der Waals surface area contributed by atoms with Gasteiger partial charge in [-0.3, -0.25) is 4.79 Å². The number of thioether (sulfide) groups is 1. The number of benzene rings is 2. The Morgan fingerprint density at radius 3 is 2.50 bits per heavy atom. The molecule has 4 nitrogen and oxygen atoms in total. The highest BCUT2D eigenvalue weighted by Crippen LogP contribution is 2.24. The predicted molar refractivity (Wildman–Crippen MR) is 97.2 cm³/mol. The summed E-state index contributed by atoms with van der Waals surface area (Å²) in [4.78, 5) is 20.6. The summed E-state index contributed by atoms with van der Waals surface area (Å²) in [6, 6.07) is 11.9. The quantitative estimate of drug-likeness (QED) is 0.495. The summed E-state index contributed by atoms with van der Waals surface area (Å²) in [7, 11) is 0. The number of halogens is 2. The Bertz CT molecular complexity index is 903. The van der Waals surface area contributed by atoms with Gasteiger partial charge in [0.2, 0.25) is 0 Å². The average Bonchev–Trinajstić information content (AvgIpc) is 2.66. The average molecular weight is 371 g/mol. The topological polar surface area (TPSA) is 54.9 Å². The van der Waals surface area contributed by atoms with E-state index in [4.69, 9.17) is 0 Å². The fourth-order valence-corrected chi connectivity index (χ4v) is 3.06. The van der Waals surface area contributed by atoms with E-state index in [1.165, 1.54) is 54.5 Å². The number of hydrogen-bond donors (Lipinski definition) is 1. The lowest BCUT2D eigenvalue weighted by atomic mass is 10.1. The van der Waals surface area contributed by atoms with E-state index < -0.39 is 0 Å². The Morgan fingerprint density at radius 2 is 1.73 bits per heavy atom. The summed E-state index contributed by atoms with van der Waals surface area (Å²) >= 11 is 1.22. The molecular weight excluding hydrogens is 356 g/mol. The molecule has 0 aliphatic rings. The second-order valence-electron chi connectivity index (χ2n) is 5.37. The molecule has 0 amide bonds. The predicted octanol–water partition coefficient (Wildman–Crippen LogP) is 4.34. The minimum atomic E-state index is -0.386. The monoisotopic (exact) mass is 371 g/mol. The van der Waals surface area contributed by atoms with Crippen LogP contribution in [0.15, 0.2) is 66.0 Å². The minimum Gasteiger partial charge on any atom is -0.364 e. The molecule has 3 rings (SSSR count). The van der Waals surface area contributed by atoms with Gasteiger partial charge in [0.15, 0.2) is 11.6 Å². The largest absolute Gasteiger partial charge is 0.364 e. The van der Waals surface area contributed by atoms with Gasteiger partial charge in [-0.1, -0.05) is 30.0 Å². The number of carbonyl (C=O) groups excluding carboxylic acids is 1. The normalized spacial score (nSPS) is 10.5. The van der Waals surface area contributed by atoms with Gasteiger partial charge in [0.25, 0.3) is 0 Å². The van der Waals surface area contributed by atoms with Gasteiger partial charge in [0, 0.05) is 30.1 Å². The highest BCUT2D eigenvalue weighted by atomic mass is 32.2. The van der Waals surface area contributed by atoms with E-state index in [-0.39, 0.29) is 29.7 Å². The molecule has 3 aromatic rings. The molecule has 1 N–H and O–H groups in total. The molecule has 1 heterocycles. The Hall–Kier alpha value is -2.80. The van der Waals surface area contributed by atoms with Crippen LogP contribution >= 0.6 is 11.8 Å². The van der Waals surface area contributed by atoms with E-state index in [2.05, 4.69) is 15.3 Å². The van der Waals surface area contributed by atoms with Crippen molar-refractivity contribution < 1.29 is 13.6 Å². The first kappa shape index (κ1) is 18.0. The maximum absolute atomic E-state index is 13.7. The number of ketones is 1. The van der Waals surface area contributed by atoms with E-state index in [0.29, 0.717) is 22.0 Å². The van der Waals surface area contributed by atoms with Crippen molar-refractivity contribution in [3.8, 4) is 0 Å². The highest BCUT2D eigenvalue weighted by molar-refractivity contribution is 8.00. The number of Topliss-reactive ketones (excluding diaryl/α,β-unsaturated/α-hetero) is 1. The van der Waals surface area contributed by atoms with Crippen LogP contribution in [0, 0.1) is 11.6 Å². The molecule has 0 unspecified atom stereocenters. The number of hydrogen-bond acceptors (Lipinski definition) is 5. The van der Waals surface area contributed by atoms with Crippen LogP contribution in [-0.4, -0.2) is 21.5 Å². The van der Waals surface area contributed by atoms with Crippen LogP contribution in [0.3, 0.4) is 0 Å². The Kier molecular flexibility index (Phi) is 5.91. The Labute approximate surface area is 153 Å². The molecule has 0 fully saturated rings. The van der Waals surface area contributed by atoms with Crippen molar-refractivity contribution in [1.29, 1.82) is 0 Å². The first-order valence-electron chi connectivity index (χ1n) is 7.83. The molecule has 0 bridgehead atoms. The number of carbonyl (C=O) groups is 1. The van der Waals surface area contributed by atoms with Crippen molar-refractivity contribution in [2.45, 2.75) is 11.6 Å². The summed E-state index contributed by atoms with van der Waals surface area (Å²) < 4.78 is 26.6. The summed E-state index contributed by atoms with van der Waals surface area (Å²) in [6.45, 7) is 0.255. The highest BCUT2D eigenvalue weighted by Gasteiger charge is 2.11. The maximum Gasteiger partial charge on any atom is 0.173 e. The summed E-state index contributed by atoms with van der Waals surface area (Å²) in [5.41, 5.74) is 0.945. The second-order valence-corrected chi connectivity index (χ2v) is 6.34. The number of nitrogens with zero attached hydrogens (tertiary/aromatic N) is 2. The molecule has 2 aromatic carbocycles. The first-order valence-corrected chi connectivity index (χ1v) is 8.82. The van der Waals surface area contributed by atoms with Gasteiger partial charge in [0.1, 0.15) is 16.7 Å². The smallest absolute Gasteiger partial charge is 0.173 e. The minimum absolute atomic E-state index is 0.138. The van der Waals surface area contributed by atoms with Gasteiger partial charge in [-0.25, -0.2) is 18.7 Å². The summed E-state index contributed by atoms with van der Waals surface area (Å²) in [6.07, 6.45) is 3.05. The third-order valence-electron chi connectivity index (χ3n) is 3.57. The van der Waals surface area contributed by atoms with E-state index in [1.54, 1.807) is 18.2 Å². The molecular formula is C19H15F2N3OS. The molecule has 0 spiro atoms. The van der Waals surface area contributed by atoms with Crippen molar-refractivity contribution in [1.82, 2.24) is 9.97 Å². The van der Waals surface area contributed by atoms with Gasteiger partial charge in [-0.2, -0.15) is 0 Å². The third-order valence-corrected chi connectivity index (χ3v) is 4.55. The molecule has 0 aliphatic heterocycles. The van der Waals surface area contributed by atoms with Gasteiger partial charge >= 0.3 is 0 Å². The maximum atomic E-state index is 13.7. The van der Waals surface area contributed by atoms with Gasteiger partial charge in [0.05, 0.1) is 5.75 Å². The van der Waals surface area contributed by atoms with Crippen molar-refractivity contribution in [3.05, 3.63) is 83.7 Å². The molecule has 7 heteroatoms. The van der Waals surface area contributed by atoms with E-state index in [0.717, 1.165) is 0 Å². The molecule has 0 atom stereocenters. The number of anilines is 1. The zero-order chi connectivity index (χ0) is 18.4. The lowest BCUT2D eigenvalue weighted by Crippen LogP contribution is -2.07. The summed E-state index contributed by atoms with van der Waals surface area (Å²) in [5, 5.41) is 3.59. The van der Waals surface area contributed by atoms with Crippen molar-refractivity contribution >= 4 is 23.4 Å². The molecule has 0 saturated carbocycles. The molecule has 26 heavy (non-hydrogen) atoms. The van der Waals surface area contributed by atoms with E-state index >= 15 is 0 Å². The second kappa shape index (κ2) is 8.53. The summed E-state index contributed by atoms with van der Waals surface area (Å²) in [5.74, 6) is -0.209. The van der Waals surface area contributed by atoms with Crippen LogP contribution in [0.5, 0.6) is 0 Å². The Morgan fingerprint density at radius 1 is 1.00 bits per heavy atom. The van der Waals surface area contributed by atoms with Gasteiger partial charge < -0.3 is 5.32 Å². The van der Waals surface area contributed by atoms with Gasteiger partial charge in [-0.15, -0.1) is 0 Å². The SMILES string of the molecule is O=C(CSc1nccnc1NCc1ccccc1F)c1ccc(F)cc1. The number of nitrogens with one attached hydrogen (secondary N) is 1. The Balaban J connectivity index is 1.64. The molecule has 0 radical (unpaired) electrons. The van der Waals surface area contributed by atoms with Crippen molar-refractivity contribution in [3.63, 3.8) is 0 Å². The fraction of sp³-hybridized carbons (Fsp3) is 0.105. The zero-order valence-corrected chi connectivity index (χ0v) is 14.5. The number of aromatic nitrogens is 2. The molecule has 1 aromatic heterocycles. The molecule has 0 aliphatic carbocycles. The molecule has 132 valence electrons. The zero-order valence-electron chi connectivity index (χ0n) is 13.7. The fourth-order valence-electron chi connectivity index (χ4n) is 2.23. The standard InChI is InChI=1S/C19H15F2N3OS/c20-15-7-5-13(6-8-15)17(25)12-26-19-18(22-9-10-23-19)24-11-14-3-1-2-4-16(14)21/h1-10H,11-12H2,(H,22,24). The lowest BCUT2D eigenvalue weighted by molar-refractivity contribution is 0.102. The third kappa shape index (κ3) is 4.64. The van der Waals surface area contributed by atoms with Crippen molar-refractivity contribution in [2.24, 2.45) is 0 Å². The van der Waals surface area contributed by atoms with Crippen molar-refractivity contribution in [2.75, 3.05) is 11.1 Å². The van der Waals surface area contributed by atoms with Crippen LogP contribution < -0.4 is 5.32 Å². The van der Waals surface area contributed by atoms with Crippen LogP contribution in [0.2, 0.25) is 0 Å². The van der Waals surface area contributed by atoms with Crippen LogP contribution in [-0.2, 0) is 6.54 Å². The van der Waals surface area contributed by atoms with Crippen LogP contribution in [0.4, 0.5) is 14.6 Å². The first-order chi connectivity index (χ1) is 12.6. The van der Waals surface area contributed by atoms with Crippen LogP contribution in [0.1, 0.15) is 15.9 Å². The lowest BCUT2D eigenvalue weighted by Gasteiger charge is -2.10.